The Bertz CT molecular complexity index is 664. The zero-order valence-corrected chi connectivity index (χ0v) is 15.3. The Morgan fingerprint density at radius 3 is 2.74 bits per heavy atom. The number of hydrogen-bond donors (Lipinski definition) is 0. The van der Waals surface area contributed by atoms with Gasteiger partial charge in [-0.2, -0.15) is 0 Å². The molecule has 1 fully saturated rings. The minimum atomic E-state index is -0.474. The van der Waals surface area contributed by atoms with Crippen LogP contribution in [0.4, 0.5) is 0 Å². The Balaban J connectivity index is 2.30. The van der Waals surface area contributed by atoms with Gasteiger partial charge in [-0.3, -0.25) is 9.59 Å². The third kappa shape index (κ3) is 4.30. The van der Waals surface area contributed by atoms with Crippen molar-refractivity contribution < 1.29 is 14.3 Å². The number of benzene rings is 1. The number of rotatable bonds is 4. The SMILES string of the molecule is COc1ccc(Cl)cc1CN1C(=O)CS/C1=C/C(=O)C(C)(C)C. The van der Waals surface area contributed by atoms with Gasteiger partial charge < -0.3 is 9.64 Å². The van der Waals surface area contributed by atoms with Gasteiger partial charge in [0.05, 0.1) is 24.4 Å². The molecule has 1 aliphatic rings. The van der Waals surface area contributed by atoms with Gasteiger partial charge >= 0.3 is 0 Å². The predicted octanol–water partition coefficient (Wildman–Crippen LogP) is 3.88. The number of carbonyl (C=O) groups is 2. The van der Waals surface area contributed by atoms with E-state index < -0.39 is 5.41 Å². The molecule has 0 saturated carbocycles. The van der Waals surface area contributed by atoms with Crippen molar-refractivity contribution in [2.75, 3.05) is 12.9 Å². The topological polar surface area (TPSA) is 46.6 Å². The summed E-state index contributed by atoms with van der Waals surface area (Å²) in [5.41, 5.74) is 0.337. The van der Waals surface area contributed by atoms with Crippen LogP contribution in [0.1, 0.15) is 26.3 Å². The van der Waals surface area contributed by atoms with Crippen LogP contribution in [-0.4, -0.2) is 29.5 Å². The number of methoxy groups -OCH3 is 1. The Kier molecular flexibility index (Phi) is 5.42. The highest BCUT2D eigenvalue weighted by atomic mass is 35.5. The van der Waals surface area contributed by atoms with Crippen molar-refractivity contribution in [2.24, 2.45) is 5.41 Å². The zero-order valence-electron chi connectivity index (χ0n) is 13.7. The Morgan fingerprint density at radius 2 is 2.13 bits per heavy atom. The van der Waals surface area contributed by atoms with Crippen LogP contribution in [0.2, 0.25) is 5.02 Å². The second-order valence-corrected chi connectivity index (χ2v) is 7.75. The molecule has 0 bridgehead atoms. The van der Waals surface area contributed by atoms with Gasteiger partial charge in [0.25, 0.3) is 0 Å². The summed E-state index contributed by atoms with van der Waals surface area (Å²) in [7, 11) is 1.58. The average molecular weight is 354 g/mol. The molecule has 1 amide bonds. The molecule has 4 nitrogen and oxygen atoms in total. The molecule has 124 valence electrons. The second-order valence-electron chi connectivity index (χ2n) is 6.32. The van der Waals surface area contributed by atoms with E-state index in [-0.39, 0.29) is 11.7 Å². The highest BCUT2D eigenvalue weighted by Crippen LogP contribution is 2.34. The van der Waals surface area contributed by atoms with E-state index in [1.807, 2.05) is 20.8 Å². The molecule has 0 spiro atoms. The number of ketones is 1. The van der Waals surface area contributed by atoms with Crippen molar-refractivity contribution in [1.29, 1.82) is 0 Å². The smallest absolute Gasteiger partial charge is 0.238 e. The summed E-state index contributed by atoms with van der Waals surface area (Å²) in [6.45, 7) is 5.91. The van der Waals surface area contributed by atoms with Gasteiger partial charge in [-0.1, -0.05) is 44.1 Å². The van der Waals surface area contributed by atoms with Crippen LogP contribution in [0.15, 0.2) is 29.3 Å². The Labute approximate surface area is 145 Å². The van der Waals surface area contributed by atoms with Gasteiger partial charge in [0.1, 0.15) is 5.75 Å². The maximum absolute atomic E-state index is 12.2. The summed E-state index contributed by atoms with van der Waals surface area (Å²) >= 11 is 7.43. The Morgan fingerprint density at radius 1 is 1.43 bits per heavy atom. The minimum Gasteiger partial charge on any atom is -0.496 e. The van der Waals surface area contributed by atoms with Gasteiger partial charge in [0.15, 0.2) is 5.78 Å². The third-order valence-electron chi connectivity index (χ3n) is 3.48. The van der Waals surface area contributed by atoms with Gasteiger partial charge in [0.2, 0.25) is 5.91 Å². The molecule has 6 heteroatoms. The minimum absolute atomic E-state index is 0.00207. The highest BCUT2D eigenvalue weighted by Gasteiger charge is 2.30. The first-order valence-corrected chi connectivity index (χ1v) is 8.60. The largest absolute Gasteiger partial charge is 0.496 e. The molecule has 1 heterocycles. The summed E-state index contributed by atoms with van der Waals surface area (Å²) in [4.78, 5) is 26.0. The van der Waals surface area contributed by atoms with Crippen LogP contribution in [0.5, 0.6) is 5.75 Å². The number of ether oxygens (including phenoxy) is 1. The molecule has 0 unspecified atom stereocenters. The van der Waals surface area contributed by atoms with Gasteiger partial charge in [-0.15, -0.1) is 0 Å². The molecule has 0 atom stereocenters. The van der Waals surface area contributed by atoms with Crippen molar-refractivity contribution >= 4 is 35.1 Å². The van der Waals surface area contributed by atoms with Crippen LogP contribution in [0.25, 0.3) is 0 Å². The summed E-state index contributed by atoms with van der Waals surface area (Å²) in [5, 5.41) is 1.26. The summed E-state index contributed by atoms with van der Waals surface area (Å²) in [5.74, 6) is 0.981. The lowest BCUT2D eigenvalue weighted by Crippen LogP contribution is -2.26. The molecule has 0 aliphatic carbocycles. The monoisotopic (exact) mass is 353 g/mol. The van der Waals surface area contributed by atoms with E-state index in [1.54, 1.807) is 36.3 Å². The molecule has 23 heavy (non-hydrogen) atoms. The molecule has 0 radical (unpaired) electrons. The van der Waals surface area contributed by atoms with E-state index in [4.69, 9.17) is 16.3 Å². The van der Waals surface area contributed by atoms with Crippen molar-refractivity contribution in [2.45, 2.75) is 27.3 Å². The first-order chi connectivity index (χ1) is 10.7. The van der Waals surface area contributed by atoms with E-state index in [0.717, 1.165) is 5.56 Å². The second kappa shape index (κ2) is 6.97. The molecule has 0 aromatic heterocycles. The molecule has 1 aliphatic heterocycles. The van der Waals surface area contributed by atoms with E-state index in [9.17, 15) is 9.59 Å². The summed E-state index contributed by atoms with van der Waals surface area (Å²) in [6.07, 6.45) is 1.56. The van der Waals surface area contributed by atoms with E-state index >= 15 is 0 Å². The number of amides is 1. The summed E-state index contributed by atoms with van der Waals surface area (Å²) in [6, 6.07) is 5.29. The molecular formula is C17H20ClNO3S. The molecule has 1 aromatic rings. The fraction of sp³-hybridized carbons (Fsp3) is 0.412. The van der Waals surface area contributed by atoms with Crippen LogP contribution in [0, 0.1) is 5.41 Å². The first kappa shape index (κ1) is 17.9. The lowest BCUT2D eigenvalue weighted by Gasteiger charge is -2.20. The van der Waals surface area contributed by atoms with Gasteiger partial charge in [-0.05, 0) is 18.2 Å². The Hall–Kier alpha value is -1.46. The average Bonchev–Trinajstić information content (AvgIpc) is 2.79. The lowest BCUT2D eigenvalue weighted by molar-refractivity contribution is -0.125. The predicted molar refractivity (Wildman–Crippen MR) is 93.6 cm³/mol. The van der Waals surface area contributed by atoms with Crippen molar-refractivity contribution in [3.8, 4) is 5.75 Å². The number of carbonyl (C=O) groups excluding carboxylic acids is 2. The molecule has 1 saturated heterocycles. The standard InChI is InChI=1S/C17H20ClNO3S/c1-17(2,3)14(20)8-16-19(15(21)10-23-16)9-11-7-12(18)5-6-13(11)22-4/h5-8H,9-10H2,1-4H3/b16-8+. The number of halogens is 1. The normalized spacial score (nSPS) is 17.0. The molecular weight excluding hydrogens is 334 g/mol. The highest BCUT2D eigenvalue weighted by molar-refractivity contribution is 8.04. The number of thioether (sulfide) groups is 1. The number of hydrogen-bond acceptors (Lipinski definition) is 4. The van der Waals surface area contributed by atoms with E-state index in [1.165, 1.54) is 11.8 Å². The van der Waals surface area contributed by atoms with Crippen LogP contribution in [-0.2, 0) is 16.1 Å². The fourth-order valence-electron chi connectivity index (χ4n) is 2.07. The molecule has 2 rings (SSSR count). The van der Waals surface area contributed by atoms with Gasteiger partial charge in [-0.25, -0.2) is 0 Å². The fourth-order valence-corrected chi connectivity index (χ4v) is 3.20. The maximum atomic E-state index is 12.2. The van der Waals surface area contributed by atoms with E-state index in [2.05, 4.69) is 0 Å². The zero-order chi connectivity index (χ0) is 17.2. The maximum Gasteiger partial charge on any atom is 0.238 e. The third-order valence-corrected chi connectivity index (χ3v) is 4.74. The van der Waals surface area contributed by atoms with Crippen LogP contribution < -0.4 is 4.74 Å². The first-order valence-electron chi connectivity index (χ1n) is 7.24. The summed E-state index contributed by atoms with van der Waals surface area (Å²) < 4.78 is 5.33. The van der Waals surface area contributed by atoms with Crippen LogP contribution >= 0.6 is 23.4 Å². The molecule has 0 N–H and O–H groups in total. The van der Waals surface area contributed by atoms with Crippen molar-refractivity contribution in [1.82, 2.24) is 4.90 Å². The van der Waals surface area contributed by atoms with Gasteiger partial charge in [0, 0.05) is 22.1 Å². The van der Waals surface area contributed by atoms with Crippen LogP contribution in [0.3, 0.4) is 0 Å². The van der Waals surface area contributed by atoms with Crippen molar-refractivity contribution in [3.63, 3.8) is 0 Å². The molecule has 1 aromatic carbocycles. The number of allylic oxidation sites excluding steroid dienone is 1. The number of nitrogens with zero attached hydrogens (tertiary/aromatic N) is 1. The lowest BCUT2D eigenvalue weighted by atomic mass is 9.91. The van der Waals surface area contributed by atoms with Crippen molar-refractivity contribution in [3.05, 3.63) is 39.9 Å². The quantitative estimate of drug-likeness (QED) is 0.771. The van der Waals surface area contributed by atoms with E-state index in [0.29, 0.717) is 28.1 Å².